The highest BCUT2D eigenvalue weighted by atomic mass is 16.2. The molecule has 0 aliphatic carbocycles. The molecule has 2 amide bonds. The number of carbonyl (C=O) groups excluding carboxylic acids is 2. The maximum atomic E-state index is 13.1. The number of benzene rings is 2. The van der Waals surface area contributed by atoms with E-state index in [9.17, 15) is 9.59 Å². The van der Waals surface area contributed by atoms with Crippen molar-refractivity contribution in [1.29, 1.82) is 0 Å². The lowest BCUT2D eigenvalue weighted by atomic mass is 10.1. The molecule has 0 bridgehead atoms. The van der Waals surface area contributed by atoms with Gasteiger partial charge in [0.25, 0.3) is 11.8 Å². The van der Waals surface area contributed by atoms with Crippen LogP contribution in [0, 0.1) is 13.8 Å². The van der Waals surface area contributed by atoms with E-state index in [1.165, 1.54) is 0 Å². The summed E-state index contributed by atoms with van der Waals surface area (Å²) in [4.78, 5) is 30.2. The van der Waals surface area contributed by atoms with Gasteiger partial charge in [-0.2, -0.15) is 5.10 Å². The Labute approximate surface area is 173 Å². The van der Waals surface area contributed by atoms with E-state index in [1.807, 2.05) is 44.2 Å². The molecule has 3 N–H and O–H groups in total. The van der Waals surface area contributed by atoms with Crippen LogP contribution in [-0.2, 0) is 6.54 Å². The number of para-hydroxylation sites is 1. The van der Waals surface area contributed by atoms with Crippen LogP contribution in [0.2, 0.25) is 0 Å². The van der Waals surface area contributed by atoms with Crippen molar-refractivity contribution in [2.75, 3.05) is 5.32 Å². The SMILES string of the molecule is Cc1cc(C(=O)Nc2ccccc2C(=O)NCc2ccccc2)c2c(C)n[nH]c2n1. The second kappa shape index (κ2) is 8.16. The van der Waals surface area contributed by atoms with E-state index < -0.39 is 0 Å². The van der Waals surface area contributed by atoms with Gasteiger partial charge in [-0.3, -0.25) is 14.7 Å². The summed E-state index contributed by atoms with van der Waals surface area (Å²) in [7, 11) is 0. The minimum atomic E-state index is -0.321. The molecule has 0 spiro atoms. The van der Waals surface area contributed by atoms with Gasteiger partial charge in [0.2, 0.25) is 0 Å². The Morgan fingerprint density at radius 1 is 0.933 bits per heavy atom. The van der Waals surface area contributed by atoms with Gasteiger partial charge in [0.15, 0.2) is 5.65 Å². The largest absolute Gasteiger partial charge is 0.348 e. The maximum Gasteiger partial charge on any atom is 0.256 e. The molecule has 0 saturated heterocycles. The Bertz CT molecular complexity index is 1230. The molecule has 4 aromatic rings. The van der Waals surface area contributed by atoms with Crippen molar-refractivity contribution < 1.29 is 9.59 Å². The zero-order chi connectivity index (χ0) is 21.1. The summed E-state index contributed by atoms with van der Waals surface area (Å²) < 4.78 is 0. The molecule has 30 heavy (non-hydrogen) atoms. The number of pyridine rings is 1. The summed E-state index contributed by atoms with van der Waals surface area (Å²) in [5.74, 6) is -0.580. The minimum absolute atomic E-state index is 0.259. The number of aromatic amines is 1. The zero-order valence-electron chi connectivity index (χ0n) is 16.7. The molecule has 150 valence electrons. The van der Waals surface area contributed by atoms with Crippen molar-refractivity contribution in [3.8, 4) is 0 Å². The normalized spacial score (nSPS) is 10.7. The molecule has 2 aromatic carbocycles. The number of aromatic nitrogens is 3. The predicted molar refractivity (Wildman–Crippen MR) is 115 cm³/mol. The van der Waals surface area contributed by atoms with E-state index in [0.717, 1.165) is 5.56 Å². The highest BCUT2D eigenvalue weighted by molar-refractivity contribution is 6.14. The van der Waals surface area contributed by atoms with Gasteiger partial charge in [-0.05, 0) is 37.6 Å². The third-order valence-corrected chi connectivity index (χ3v) is 4.80. The Morgan fingerprint density at radius 2 is 1.67 bits per heavy atom. The fourth-order valence-electron chi connectivity index (χ4n) is 3.35. The number of nitrogens with one attached hydrogen (secondary N) is 3. The molecule has 0 aliphatic heterocycles. The molecule has 0 atom stereocenters. The quantitative estimate of drug-likeness (QED) is 0.476. The van der Waals surface area contributed by atoms with E-state index in [0.29, 0.717) is 45.8 Å². The lowest BCUT2D eigenvalue weighted by molar-refractivity contribution is 0.0952. The summed E-state index contributed by atoms with van der Waals surface area (Å²) in [6, 6.07) is 18.3. The van der Waals surface area contributed by atoms with Gasteiger partial charge in [-0.25, -0.2) is 4.98 Å². The average Bonchev–Trinajstić information content (AvgIpc) is 3.13. The molecule has 0 unspecified atom stereocenters. The van der Waals surface area contributed by atoms with Gasteiger partial charge >= 0.3 is 0 Å². The first-order chi connectivity index (χ1) is 14.5. The molecular formula is C23H21N5O2. The van der Waals surface area contributed by atoms with Gasteiger partial charge in [-0.15, -0.1) is 0 Å². The summed E-state index contributed by atoms with van der Waals surface area (Å²) in [6.45, 7) is 4.04. The predicted octanol–water partition coefficient (Wildman–Crippen LogP) is 3.76. The van der Waals surface area contributed by atoms with Crippen molar-refractivity contribution in [3.63, 3.8) is 0 Å². The van der Waals surface area contributed by atoms with E-state index in [-0.39, 0.29) is 11.8 Å². The molecule has 2 heterocycles. The van der Waals surface area contributed by atoms with Crippen LogP contribution in [0.1, 0.15) is 37.7 Å². The third kappa shape index (κ3) is 3.91. The van der Waals surface area contributed by atoms with Crippen molar-refractivity contribution in [3.05, 3.63) is 88.7 Å². The number of aryl methyl sites for hydroxylation is 2. The van der Waals surface area contributed by atoms with Gasteiger partial charge < -0.3 is 10.6 Å². The van der Waals surface area contributed by atoms with Crippen LogP contribution in [-0.4, -0.2) is 27.0 Å². The van der Waals surface area contributed by atoms with Crippen LogP contribution in [0.25, 0.3) is 11.0 Å². The first-order valence-electron chi connectivity index (χ1n) is 9.58. The summed E-state index contributed by atoms with van der Waals surface area (Å²) in [5.41, 5.74) is 4.25. The van der Waals surface area contributed by atoms with Gasteiger partial charge in [-0.1, -0.05) is 42.5 Å². The van der Waals surface area contributed by atoms with Gasteiger partial charge in [0.05, 0.1) is 27.9 Å². The summed E-state index contributed by atoms with van der Waals surface area (Å²) in [5, 5.41) is 13.4. The van der Waals surface area contributed by atoms with Crippen LogP contribution in [0.15, 0.2) is 60.7 Å². The Hall–Kier alpha value is -4.00. The smallest absolute Gasteiger partial charge is 0.256 e. The Balaban J connectivity index is 1.58. The van der Waals surface area contributed by atoms with Crippen molar-refractivity contribution in [2.45, 2.75) is 20.4 Å². The molecule has 0 aliphatic rings. The van der Waals surface area contributed by atoms with E-state index in [4.69, 9.17) is 0 Å². The van der Waals surface area contributed by atoms with Crippen molar-refractivity contribution >= 4 is 28.5 Å². The van der Waals surface area contributed by atoms with Crippen LogP contribution in [0.5, 0.6) is 0 Å². The number of H-pyrrole nitrogens is 1. The maximum absolute atomic E-state index is 13.1. The Morgan fingerprint density at radius 3 is 2.47 bits per heavy atom. The number of hydrogen-bond donors (Lipinski definition) is 3. The van der Waals surface area contributed by atoms with Gasteiger partial charge in [0, 0.05) is 12.2 Å². The molecule has 2 aromatic heterocycles. The average molecular weight is 399 g/mol. The van der Waals surface area contributed by atoms with Crippen molar-refractivity contribution in [2.24, 2.45) is 0 Å². The first kappa shape index (κ1) is 19.3. The fraction of sp³-hybridized carbons (Fsp3) is 0.130. The van der Waals surface area contributed by atoms with Crippen LogP contribution in [0.3, 0.4) is 0 Å². The standard InChI is InChI=1S/C23H21N5O2/c1-14-12-18(20-15(2)27-28-21(20)25-14)23(30)26-19-11-7-6-10-17(19)22(29)24-13-16-8-4-3-5-9-16/h3-12H,13H2,1-2H3,(H,24,29)(H,26,30)(H,25,27,28). The molecule has 7 nitrogen and oxygen atoms in total. The summed E-state index contributed by atoms with van der Waals surface area (Å²) in [6.07, 6.45) is 0. The van der Waals surface area contributed by atoms with Crippen LogP contribution < -0.4 is 10.6 Å². The highest BCUT2D eigenvalue weighted by Gasteiger charge is 2.18. The van der Waals surface area contributed by atoms with Crippen molar-refractivity contribution in [1.82, 2.24) is 20.5 Å². The topological polar surface area (TPSA) is 99.8 Å². The first-order valence-corrected chi connectivity index (χ1v) is 9.58. The third-order valence-electron chi connectivity index (χ3n) is 4.80. The number of amides is 2. The number of nitrogens with zero attached hydrogens (tertiary/aromatic N) is 2. The molecular weight excluding hydrogens is 378 g/mol. The second-order valence-corrected chi connectivity index (χ2v) is 7.01. The zero-order valence-corrected chi connectivity index (χ0v) is 16.7. The monoisotopic (exact) mass is 399 g/mol. The number of carbonyl (C=O) groups is 2. The van der Waals surface area contributed by atoms with Gasteiger partial charge in [0.1, 0.15) is 0 Å². The second-order valence-electron chi connectivity index (χ2n) is 7.01. The molecule has 0 fully saturated rings. The molecule has 4 rings (SSSR count). The number of fused-ring (bicyclic) bond motifs is 1. The molecule has 0 radical (unpaired) electrons. The molecule has 0 saturated carbocycles. The van der Waals surface area contributed by atoms with E-state index in [1.54, 1.807) is 30.3 Å². The number of hydrogen-bond acceptors (Lipinski definition) is 4. The fourth-order valence-corrected chi connectivity index (χ4v) is 3.35. The molecule has 7 heteroatoms. The van der Waals surface area contributed by atoms with Crippen LogP contribution >= 0.6 is 0 Å². The van der Waals surface area contributed by atoms with E-state index >= 15 is 0 Å². The highest BCUT2D eigenvalue weighted by Crippen LogP contribution is 2.22. The minimum Gasteiger partial charge on any atom is -0.348 e. The number of anilines is 1. The summed E-state index contributed by atoms with van der Waals surface area (Å²) >= 11 is 0. The lowest BCUT2D eigenvalue weighted by Gasteiger charge is -2.12. The Kier molecular flexibility index (Phi) is 5.26. The van der Waals surface area contributed by atoms with Crippen LogP contribution in [0.4, 0.5) is 5.69 Å². The van der Waals surface area contributed by atoms with E-state index in [2.05, 4.69) is 25.8 Å². The lowest BCUT2D eigenvalue weighted by Crippen LogP contribution is -2.25. The number of rotatable bonds is 5.